The maximum absolute atomic E-state index is 13.4. The number of amides is 2. The van der Waals surface area contributed by atoms with E-state index in [1.54, 1.807) is 50.2 Å². The Balaban J connectivity index is 1.88. The number of aryl methyl sites for hydroxylation is 1. The average molecular weight is 547 g/mol. The van der Waals surface area contributed by atoms with E-state index in [0.717, 1.165) is 17.7 Å². The van der Waals surface area contributed by atoms with Gasteiger partial charge in [0.1, 0.15) is 6.54 Å². The van der Waals surface area contributed by atoms with E-state index in [1.807, 2.05) is 0 Å². The van der Waals surface area contributed by atoms with Crippen molar-refractivity contribution < 1.29 is 31.2 Å². The number of hydrogen-bond acceptors (Lipinski definition) is 5. The molecule has 2 N–H and O–H groups in total. The fraction of sp³-hybridized carbons (Fsp3) is 0.192. The lowest BCUT2D eigenvalue weighted by molar-refractivity contribution is -0.137. The number of halogens is 3. The number of nitrogens with zero attached hydrogens (tertiary/aromatic N) is 2. The molecule has 0 spiro atoms. The van der Waals surface area contributed by atoms with Crippen LogP contribution in [-0.4, -0.2) is 32.5 Å². The van der Waals surface area contributed by atoms with Crippen molar-refractivity contribution in [2.24, 2.45) is 5.10 Å². The molecule has 0 saturated heterocycles. The third-order valence-electron chi connectivity index (χ3n) is 5.33. The molecule has 0 aliphatic heterocycles. The van der Waals surface area contributed by atoms with Crippen LogP contribution in [0.2, 0.25) is 0 Å². The van der Waals surface area contributed by atoms with E-state index in [-0.39, 0.29) is 16.5 Å². The summed E-state index contributed by atoms with van der Waals surface area (Å²) >= 11 is 0. The van der Waals surface area contributed by atoms with E-state index >= 15 is 0 Å². The third-order valence-corrected chi connectivity index (χ3v) is 7.12. The third kappa shape index (κ3) is 7.19. The van der Waals surface area contributed by atoms with Crippen LogP contribution >= 0.6 is 0 Å². The summed E-state index contributed by atoms with van der Waals surface area (Å²) in [5, 5.41) is 6.60. The van der Waals surface area contributed by atoms with Gasteiger partial charge in [0.25, 0.3) is 15.9 Å². The van der Waals surface area contributed by atoms with Crippen molar-refractivity contribution in [2.75, 3.05) is 16.2 Å². The molecule has 0 atom stereocenters. The Morgan fingerprint density at radius 1 is 0.947 bits per heavy atom. The number of alkyl halides is 3. The van der Waals surface area contributed by atoms with Gasteiger partial charge in [0, 0.05) is 12.6 Å². The average Bonchev–Trinajstić information content (AvgIpc) is 2.85. The first-order valence-electron chi connectivity index (χ1n) is 11.2. The number of rotatable bonds is 8. The molecule has 0 unspecified atom stereocenters. The number of hydrazone groups is 1. The molecule has 0 aliphatic carbocycles. The summed E-state index contributed by atoms with van der Waals surface area (Å²) in [6.07, 6.45) is -4.71. The number of carbonyl (C=O) groups is 2. The van der Waals surface area contributed by atoms with E-state index in [2.05, 4.69) is 15.8 Å². The fourth-order valence-corrected chi connectivity index (χ4v) is 4.78. The largest absolute Gasteiger partial charge is 0.416 e. The Morgan fingerprint density at radius 2 is 1.58 bits per heavy atom. The summed E-state index contributed by atoms with van der Waals surface area (Å²) in [6, 6.07) is 16.0. The lowest BCUT2D eigenvalue weighted by Gasteiger charge is -2.24. The summed E-state index contributed by atoms with van der Waals surface area (Å²) in [6.45, 7) is 3.90. The van der Waals surface area contributed by atoms with Gasteiger partial charge in [-0.15, -0.1) is 0 Å². The normalized spacial score (nSPS) is 12.1. The highest BCUT2D eigenvalue weighted by Crippen LogP contribution is 2.33. The smallest absolute Gasteiger partial charge is 0.326 e. The molecule has 12 heteroatoms. The van der Waals surface area contributed by atoms with Gasteiger partial charge in [0.15, 0.2) is 0 Å². The number of carbonyl (C=O) groups excluding carboxylic acids is 2. The highest BCUT2D eigenvalue weighted by atomic mass is 32.2. The summed E-state index contributed by atoms with van der Waals surface area (Å²) in [5.41, 5.74) is 3.20. The molecular formula is C26H25F3N4O4S. The van der Waals surface area contributed by atoms with Crippen molar-refractivity contribution in [3.63, 3.8) is 0 Å². The Kier molecular flexibility index (Phi) is 8.56. The Bertz CT molecular complexity index is 1450. The summed E-state index contributed by atoms with van der Waals surface area (Å²) < 4.78 is 67.4. The molecule has 0 bridgehead atoms. The molecule has 38 heavy (non-hydrogen) atoms. The predicted octanol–water partition coefficient (Wildman–Crippen LogP) is 4.71. The molecule has 0 fully saturated rings. The zero-order valence-corrected chi connectivity index (χ0v) is 21.5. The number of sulfonamides is 1. The highest BCUT2D eigenvalue weighted by Gasteiger charge is 2.33. The van der Waals surface area contributed by atoms with Crippen LogP contribution in [0.25, 0.3) is 0 Å². The molecule has 3 aromatic carbocycles. The van der Waals surface area contributed by atoms with E-state index in [9.17, 15) is 31.2 Å². The second-order valence-corrected chi connectivity index (χ2v) is 10.2. The van der Waals surface area contributed by atoms with Crippen molar-refractivity contribution in [2.45, 2.75) is 31.8 Å². The standard InChI is InChI=1S/C26H25F3N4O4S/c1-17-7-13-24(14-8-17)38(36,37)33(23-6-4-5-21(15-23)26(27,28)29)16-25(35)32-31-18(2)20-9-11-22(12-10-20)30-19(3)34/h4-15H,16H2,1-3H3,(H,30,34)(H,32,35)/b31-18-. The first-order chi connectivity index (χ1) is 17.8. The lowest BCUT2D eigenvalue weighted by atomic mass is 10.1. The van der Waals surface area contributed by atoms with Gasteiger partial charge in [-0.3, -0.25) is 13.9 Å². The van der Waals surface area contributed by atoms with Crippen LogP contribution in [0.15, 0.2) is 82.8 Å². The van der Waals surface area contributed by atoms with Crippen LogP contribution in [0, 0.1) is 6.92 Å². The molecule has 0 saturated carbocycles. The van der Waals surface area contributed by atoms with Gasteiger partial charge < -0.3 is 5.32 Å². The SMILES string of the molecule is CC(=O)Nc1ccc(/C(C)=N\NC(=O)CN(c2cccc(C(F)(F)F)c2)S(=O)(=O)c2ccc(C)cc2)cc1. The highest BCUT2D eigenvalue weighted by molar-refractivity contribution is 7.92. The maximum Gasteiger partial charge on any atom is 0.416 e. The number of benzene rings is 3. The van der Waals surface area contributed by atoms with Crippen LogP contribution in [0.4, 0.5) is 24.5 Å². The first kappa shape index (κ1) is 28.4. The van der Waals surface area contributed by atoms with Crippen molar-refractivity contribution >= 4 is 38.9 Å². The van der Waals surface area contributed by atoms with Crippen molar-refractivity contribution in [1.29, 1.82) is 0 Å². The minimum Gasteiger partial charge on any atom is -0.326 e. The monoisotopic (exact) mass is 546 g/mol. The van der Waals surface area contributed by atoms with Gasteiger partial charge in [-0.25, -0.2) is 13.8 Å². The van der Waals surface area contributed by atoms with Crippen LogP contribution in [0.5, 0.6) is 0 Å². The van der Waals surface area contributed by atoms with E-state index in [0.29, 0.717) is 27.3 Å². The van der Waals surface area contributed by atoms with Crippen LogP contribution < -0.4 is 15.0 Å². The Labute approximate surface area is 218 Å². The molecule has 0 aliphatic rings. The summed E-state index contributed by atoms with van der Waals surface area (Å²) in [4.78, 5) is 23.7. The Hall–Kier alpha value is -4.19. The minimum absolute atomic E-state index is 0.188. The molecule has 3 rings (SSSR count). The van der Waals surface area contributed by atoms with Gasteiger partial charge in [0.05, 0.1) is 21.9 Å². The minimum atomic E-state index is -4.71. The second-order valence-electron chi connectivity index (χ2n) is 8.36. The lowest BCUT2D eigenvalue weighted by Crippen LogP contribution is -2.40. The van der Waals surface area contributed by atoms with E-state index in [4.69, 9.17) is 0 Å². The van der Waals surface area contributed by atoms with Crippen LogP contribution in [0.3, 0.4) is 0 Å². The van der Waals surface area contributed by atoms with Gasteiger partial charge in [-0.1, -0.05) is 35.9 Å². The van der Waals surface area contributed by atoms with Gasteiger partial charge >= 0.3 is 6.18 Å². The molecule has 0 aromatic heterocycles. The topological polar surface area (TPSA) is 108 Å². The fourth-order valence-electron chi connectivity index (χ4n) is 3.36. The van der Waals surface area contributed by atoms with E-state index < -0.39 is 34.2 Å². The van der Waals surface area contributed by atoms with Crippen LogP contribution in [-0.2, 0) is 25.8 Å². The molecule has 3 aromatic rings. The molecule has 0 radical (unpaired) electrons. The second kappa shape index (κ2) is 11.5. The number of anilines is 2. The Morgan fingerprint density at radius 3 is 2.16 bits per heavy atom. The summed E-state index contributed by atoms with van der Waals surface area (Å²) in [5.74, 6) is -1.10. The maximum atomic E-state index is 13.4. The molecule has 2 amide bonds. The molecular weight excluding hydrogens is 521 g/mol. The molecule has 200 valence electrons. The van der Waals surface area contributed by atoms with Crippen molar-refractivity contribution in [3.8, 4) is 0 Å². The van der Waals surface area contributed by atoms with E-state index in [1.165, 1.54) is 25.1 Å². The zero-order chi connectivity index (χ0) is 28.1. The molecule has 8 nitrogen and oxygen atoms in total. The van der Waals surface area contributed by atoms with Gasteiger partial charge in [-0.05, 0) is 61.9 Å². The van der Waals surface area contributed by atoms with Gasteiger partial charge in [-0.2, -0.15) is 18.3 Å². The number of nitrogens with one attached hydrogen (secondary N) is 2. The van der Waals surface area contributed by atoms with Crippen molar-refractivity contribution in [1.82, 2.24) is 5.43 Å². The van der Waals surface area contributed by atoms with Crippen LogP contribution in [0.1, 0.15) is 30.5 Å². The van der Waals surface area contributed by atoms with Gasteiger partial charge in [0.2, 0.25) is 5.91 Å². The van der Waals surface area contributed by atoms with Crippen molar-refractivity contribution in [3.05, 3.63) is 89.5 Å². The molecule has 0 heterocycles. The summed E-state index contributed by atoms with van der Waals surface area (Å²) in [7, 11) is -4.41. The predicted molar refractivity (Wildman–Crippen MR) is 138 cm³/mol. The zero-order valence-electron chi connectivity index (χ0n) is 20.7. The number of hydrogen-bond donors (Lipinski definition) is 2. The first-order valence-corrected chi connectivity index (χ1v) is 12.7. The quantitative estimate of drug-likeness (QED) is 0.315.